The van der Waals surface area contributed by atoms with Gasteiger partial charge in [-0.3, -0.25) is 0 Å². The van der Waals surface area contributed by atoms with Crippen molar-refractivity contribution in [2.24, 2.45) is 0 Å². The highest BCUT2D eigenvalue weighted by Crippen LogP contribution is 2.30. The zero-order chi connectivity index (χ0) is 16.7. The zero-order valence-corrected chi connectivity index (χ0v) is 15.0. The van der Waals surface area contributed by atoms with Crippen molar-refractivity contribution in [1.82, 2.24) is 14.6 Å². The van der Waals surface area contributed by atoms with Gasteiger partial charge in [-0.2, -0.15) is 10.1 Å². The molecule has 0 N–H and O–H groups in total. The topological polar surface area (TPSA) is 39.4 Å². The molecule has 0 saturated carbocycles. The molecular weight excluding hydrogens is 366 g/mol. The van der Waals surface area contributed by atoms with Gasteiger partial charge < -0.3 is 4.74 Å². The number of aromatic nitrogens is 3. The fraction of sp³-hybridized carbons (Fsp3) is 0.158. The maximum Gasteiger partial charge on any atom is 0.225 e. The summed E-state index contributed by atoms with van der Waals surface area (Å²) in [4.78, 5) is 4.68. The summed E-state index contributed by atoms with van der Waals surface area (Å²) in [6.45, 7) is 4.00. The van der Waals surface area contributed by atoms with E-state index in [9.17, 15) is 0 Å². The molecule has 0 spiro atoms. The first-order valence-corrected chi connectivity index (χ1v) is 8.62. The molecule has 24 heavy (non-hydrogen) atoms. The van der Waals surface area contributed by atoms with Crippen LogP contribution in [0.1, 0.15) is 13.8 Å². The number of hydrogen-bond acceptors (Lipinski definition) is 3. The molecule has 0 amide bonds. The number of benzene rings is 2. The van der Waals surface area contributed by atoms with Crippen molar-refractivity contribution < 1.29 is 4.74 Å². The predicted molar refractivity (Wildman–Crippen MR) is 99.4 cm³/mol. The summed E-state index contributed by atoms with van der Waals surface area (Å²) in [5, 5.41) is 5.70. The SMILES string of the molecule is CC(C)Oc1nc2cc(-c3ccccc3)nn2c2cc(Br)ccc12. The van der Waals surface area contributed by atoms with E-state index in [2.05, 4.69) is 20.9 Å². The molecule has 2 aromatic carbocycles. The average Bonchev–Trinajstić information content (AvgIpc) is 2.99. The average molecular weight is 382 g/mol. The molecular formula is C19H16BrN3O. The van der Waals surface area contributed by atoms with Crippen molar-refractivity contribution >= 4 is 32.5 Å². The van der Waals surface area contributed by atoms with E-state index in [1.807, 2.05) is 73.0 Å². The standard InChI is InChI=1S/C19H16BrN3O/c1-12(2)24-19-15-9-8-14(20)10-17(15)23-18(21-19)11-16(22-23)13-6-4-3-5-7-13/h3-12H,1-2H3. The van der Waals surface area contributed by atoms with Crippen LogP contribution in [0.2, 0.25) is 0 Å². The van der Waals surface area contributed by atoms with E-state index in [0.29, 0.717) is 5.88 Å². The molecule has 4 rings (SSSR count). The summed E-state index contributed by atoms with van der Waals surface area (Å²) in [5.74, 6) is 0.638. The molecule has 2 heterocycles. The minimum Gasteiger partial charge on any atom is -0.474 e. The van der Waals surface area contributed by atoms with Gasteiger partial charge in [0.15, 0.2) is 5.65 Å². The number of rotatable bonds is 3. The lowest BCUT2D eigenvalue weighted by Crippen LogP contribution is -2.08. The number of hydrogen-bond donors (Lipinski definition) is 0. The maximum atomic E-state index is 5.92. The Morgan fingerprint density at radius 1 is 1.04 bits per heavy atom. The largest absolute Gasteiger partial charge is 0.474 e. The molecule has 0 saturated heterocycles. The third kappa shape index (κ3) is 2.65. The number of fused-ring (bicyclic) bond motifs is 3. The molecule has 0 aliphatic carbocycles. The third-order valence-corrected chi connectivity index (χ3v) is 4.24. The van der Waals surface area contributed by atoms with Crippen molar-refractivity contribution in [3.63, 3.8) is 0 Å². The van der Waals surface area contributed by atoms with Crippen LogP contribution in [0.5, 0.6) is 5.88 Å². The summed E-state index contributed by atoms with van der Waals surface area (Å²) >= 11 is 3.54. The monoisotopic (exact) mass is 381 g/mol. The van der Waals surface area contributed by atoms with Crippen LogP contribution < -0.4 is 4.74 Å². The summed E-state index contributed by atoms with van der Waals surface area (Å²) in [7, 11) is 0. The Balaban J connectivity index is 2.01. The Bertz CT molecular complexity index is 1030. The highest BCUT2D eigenvalue weighted by atomic mass is 79.9. The van der Waals surface area contributed by atoms with E-state index in [4.69, 9.17) is 9.84 Å². The van der Waals surface area contributed by atoms with Crippen LogP contribution in [-0.2, 0) is 0 Å². The first-order chi connectivity index (χ1) is 11.6. The highest BCUT2D eigenvalue weighted by molar-refractivity contribution is 9.10. The molecule has 5 heteroatoms. The normalized spacial score (nSPS) is 11.5. The minimum absolute atomic E-state index is 0.0586. The van der Waals surface area contributed by atoms with Crippen LogP contribution in [0.15, 0.2) is 59.1 Å². The summed E-state index contributed by atoms with van der Waals surface area (Å²) in [6.07, 6.45) is 0.0586. The molecule has 0 aliphatic heterocycles. The molecule has 4 nitrogen and oxygen atoms in total. The Morgan fingerprint density at radius 3 is 2.58 bits per heavy atom. The van der Waals surface area contributed by atoms with Gasteiger partial charge in [0.05, 0.1) is 22.7 Å². The van der Waals surface area contributed by atoms with Gasteiger partial charge in [0.2, 0.25) is 5.88 Å². The molecule has 4 aromatic rings. The maximum absolute atomic E-state index is 5.92. The summed E-state index contributed by atoms with van der Waals surface area (Å²) < 4.78 is 8.79. The Labute approximate surface area is 148 Å². The second-order valence-electron chi connectivity index (χ2n) is 5.91. The van der Waals surface area contributed by atoms with Crippen LogP contribution in [0.3, 0.4) is 0 Å². The van der Waals surface area contributed by atoms with Crippen LogP contribution in [-0.4, -0.2) is 20.7 Å². The lowest BCUT2D eigenvalue weighted by atomic mass is 10.2. The quantitative estimate of drug-likeness (QED) is 0.495. The summed E-state index contributed by atoms with van der Waals surface area (Å²) in [5.41, 5.74) is 3.70. The van der Waals surface area contributed by atoms with Crippen LogP contribution in [0.4, 0.5) is 0 Å². The summed E-state index contributed by atoms with van der Waals surface area (Å²) in [6, 6.07) is 18.1. The van der Waals surface area contributed by atoms with E-state index < -0.39 is 0 Å². The fourth-order valence-electron chi connectivity index (χ4n) is 2.72. The van der Waals surface area contributed by atoms with Crippen molar-refractivity contribution in [3.05, 3.63) is 59.1 Å². The Hall–Kier alpha value is -2.40. The molecule has 0 unspecified atom stereocenters. The molecule has 0 bridgehead atoms. The van der Waals surface area contributed by atoms with Crippen LogP contribution in [0, 0.1) is 0 Å². The first-order valence-electron chi connectivity index (χ1n) is 7.83. The number of ether oxygens (including phenoxy) is 1. The van der Waals surface area contributed by atoms with Gasteiger partial charge in [0, 0.05) is 16.1 Å². The fourth-order valence-corrected chi connectivity index (χ4v) is 3.07. The third-order valence-electron chi connectivity index (χ3n) is 3.74. The van der Waals surface area contributed by atoms with E-state index in [0.717, 1.165) is 32.3 Å². The second-order valence-corrected chi connectivity index (χ2v) is 6.83. The van der Waals surface area contributed by atoms with Crippen molar-refractivity contribution in [2.45, 2.75) is 20.0 Å². The Morgan fingerprint density at radius 2 is 1.83 bits per heavy atom. The second kappa shape index (κ2) is 5.91. The molecule has 2 aromatic heterocycles. The number of nitrogens with zero attached hydrogens (tertiary/aromatic N) is 3. The van der Waals surface area contributed by atoms with Crippen molar-refractivity contribution in [1.29, 1.82) is 0 Å². The van der Waals surface area contributed by atoms with Gasteiger partial charge in [-0.25, -0.2) is 4.52 Å². The van der Waals surface area contributed by atoms with Crippen molar-refractivity contribution in [2.75, 3.05) is 0 Å². The molecule has 0 atom stereocenters. The minimum atomic E-state index is 0.0586. The highest BCUT2D eigenvalue weighted by Gasteiger charge is 2.14. The molecule has 120 valence electrons. The molecule has 0 aliphatic rings. The van der Waals surface area contributed by atoms with Gasteiger partial charge in [-0.05, 0) is 32.0 Å². The number of halogens is 1. The van der Waals surface area contributed by atoms with Crippen LogP contribution >= 0.6 is 15.9 Å². The van der Waals surface area contributed by atoms with Crippen LogP contribution in [0.25, 0.3) is 27.8 Å². The van der Waals surface area contributed by atoms with E-state index in [1.54, 1.807) is 0 Å². The van der Waals surface area contributed by atoms with Crippen molar-refractivity contribution in [3.8, 4) is 17.1 Å². The van der Waals surface area contributed by atoms with E-state index in [-0.39, 0.29) is 6.10 Å². The molecule has 0 fully saturated rings. The van der Waals surface area contributed by atoms with E-state index in [1.165, 1.54) is 0 Å². The molecule has 0 radical (unpaired) electrons. The van der Waals surface area contributed by atoms with Gasteiger partial charge in [-0.15, -0.1) is 0 Å². The lowest BCUT2D eigenvalue weighted by Gasteiger charge is -2.12. The van der Waals surface area contributed by atoms with Gasteiger partial charge in [0.1, 0.15) is 0 Å². The van der Waals surface area contributed by atoms with E-state index >= 15 is 0 Å². The Kier molecular flexibility index (Phi) is 3.73. The van der Waals surface area contributed by atoms with Gasteiger partial charge in [-0.1, -0.05) is 46.3 Å². The zero-order valence-electron chi connectivity index (χ0n) is 13.4. The smallest absolute Gasteiger partial charge is 0.225 e. The van der Waals surface area contributed by atoms with Gasteiger partial charge in [0.25, 0.3) is 0 Å². The predicted octanol–water partition coefficient (Wildman–Crippen LogP) is 5.10. The first kappa shape index (κ1) is 15.1. The van der Waals surface area contributed by atoms with Gasteiger partial charge >= 0.3 is 0 Å². The lowest BCUT2D eigenvalue weighted by molar-refractivity contribution is 0.236.